The molecule has 1 aromatic carbocycles. The first-order valence-corrected chi connectivity index (χ1v) is 8.18. The van der Waals surface area contributed by atoms with Crippen LogP contribution in [0.2, 0.25) is 0 Å². The zero-order chi connectivity index (χ0) is 18.0. The fourth-order valence-corrected chi connectivity index (χ4v) is 2.81. The summed E-state index contributed by atoms with van der Waals surface area (Å²) < 4.78 is 5.78. The zero-order valence-electron chi connectivity index (χ0n) is 14.6. The molecule has 1 aliphatic rings. The molecule has 0 unspecified atom stereocenters. The Morgan fingerprint density at radius 2 is 2.08 bits per heavy atom. The fourth-order valence-electron chi connectivity index (χ4n) is 2.81. The van der Waals surface area contributed by atoms with E-state index in [1.807, 2.05) is 13.0 Å². The third-order valence-corrected chi connectivity index (χ3v) is 4.40. The molecule has 0 saturated carbocycles. The van der Waals surface area contributed by atoms with Crippen molar-refractivity contribution in [2.75, 3.05) is 6.61 Å². The SMILES string of the molecule is Cc1cc2c(cc1C#Cc1cnc(CC(=O)O)cn1)C(C)(C)CCO2. The molecule has 5 nitrogen and oxygen atoms in total. The van der Waals surface area contributed by atoms with Crippen molar-refractivity contribution in [1.29, 1.82) is 0 Å². The average molecular weight is 336 g/mol. The average Bonchev–Trinajstić information content (AvgIpc) is 2.54. The van der Waals surface area contributed by atoms with E-state index in [0.29, 0.717) is 11.4 Å². The van der Waals surface area contributed by atoms with Gasteiger partial charge in [-0.05, 0) is 42.4 Å². The van der Waals surface area contributed by atoms with Crippen LogP contribution in [-0.2, 0) is 16.6 Å². The third kappa shape index (κ3) is 3.80. The molecule has 0 radical (unpaired) electrons. The number of carbonyl (C=O) groups is 1. The second-order valence-corrected chi connectivity index (χ2v) is 6.86. The molecule has 0 saturated heterocycles. The number of aliphatic carboxylic acids is 1. The quantitative estimate of drug-likeness (QED) is 0.854. The maximum atomic E-state index is 10.7. The van der Waals surface area contributed by atoms with Crippen LogP contribution in [0.4, 0.5) is 0 Å². The van der Waals surface area contributed by atoms with Crippen LogP contribution >= 0.6 is 0 Å². The fraction of sp³-hybridized carbons (Fsp3) is 0.350. The monoisotopic (exact) mass is 336 g/mol. The molecule has 5 heteroatoms. The minimum Gasteiger partial charge on any atom is -0.493 e. The summed E-state index contributed by atoms with van der Waals surface area (Å²) in [5.74, 6) is 6.17. The lowest BCUT2D eigenvalue weighted by Gasteiger charge is -2.33. The summed E-state index contributed by atoms with van der Waals surface area (Å²) >= 11 is 0. The Morgan fingerprint density at radius 1 is 1.28 bits per heavy atom. The Bertz CT molecular complexity index is 874. The first-order chi connectivity index (χ1) is 11.8. The number of nitrogens with zero attached hydrogens (tertiary/aromatic N) is 2. The lowest BCUT2D eigenvalue weighted by molar-refractivity contribution is -0.136. The highest BCUT2D eigenvalue weighted by Crippen LogP contribution is 2.39. The van der Waals surface area contributed by atoms with Crippen molar-refractivity contribution < 1.29 is 14.6 Å². The van der Waals surface area contributed by atoms with Gasteiger partial charge in [0.05, 0.1) is 31.1 Å². The van der Waals surface area contributed by atoms with E-state index in [9.17, 15) is 4.79 Å². The molecule has 3 rings (SSSR count). The van der Waals surface area contributed by atoms with E-state index in [-0.39, 0.29) is 11.8 Å². The second-order valence-electron chi connectivity index (χ2n) is 6.86. The number of carboxylic acid groups (broad SMARTS) is 1. The van der Waals surface area contributed by atoms with Crippen LogP contribution in [0.3, 0.4) is 0 Å². The zero-order valence-corrected chi connectivity index (χ0v) is 14.6. The highest BCUT2D eigenvalue weighted by molar-refractivity contribution is 5.69. The highest BCUT2D eigenvalue weighted by Gasteiger charge is 2.29. The standard InChI is InChI=1S/C20H20N2O3/c1-13-8-18-17(20(2,3)6-7-25-18)9-14(13)4-5-15-11-22-16(12-21-15)10-19(23)24/h8-9,11-12H,6-7,10H2,1-3H3,(H,23,24). The second kappa shape index (κ2) is 6.56. The normalized spacial score (nSPS) is 14.7. The molecule has 1 aliphatic heterocycles. The van der Waals surface area contributed by atoms with Crippen molar-refractivity contribution in [2.24, 2.45) is 0 Å². The molecule has 0 bridgehead atoms. The van der Waals surface area contributed by atoms with Gasteiger partial charge in [0.1, 0.15) is 11.4 Å². The Hall–Kier alpha value is -2.87. The van der Waals surface area contributed by atoms with Crippen LogP contribution in [-0.4, -0.2) is 27.7 Å². The Kier molecular flexibility index (Phi) is 4.45. The lowest BCUT2D eigenvalue weighted by Crippen LogP contribution is -2.26. The van der Waals surface area contributed by atoms with Crippen molar-refractivity contribution in [1.82, 2.24) is 9.97 Å². The summed E-state index contributed by atoms with van der Waals surface area (Å²) in [4.78, 5) is 18.9. The molecule has 0 aliphatic carbocycles. The van der Waals surface area contributed by atoms with E-state index in [1.54, 1.807) is 0 Å². The van der Waals surface area contributed by atoms with Gasteiger partial charge >= 0.3 is 5.97 Å². The van der Waals surface area contributed by atoms with Crippen molar-refractivity contribution in [3.8, 4) is 17.6 Å². The number of hydrogen-bond acceptors (Lipinski definition) is 4. The van der Waals surface area contributed by atoms with Crippen LogP contribution in [0.1, 0.15) is 48.3 Å². The van der Waals surface area contributed by atoms with Crippen molar-refractivity contribution in [3.63, 3.8) is 0 Å². The Labute approximate surface area is 147 Å². The van der Waals surface area contributed by atoms with Gasteiger partial charge in [0.15, 0.2) is 0 Å². The number of carboxylic acids is 1. The van der Waals surface area contributed by atoms with Crippen LogP contribution in [0.5, 0.6) is 5.75 Å². The number of aryl methyl sites for hydroxylation is 1. The minimum atomic E-state index is -0.928. The van der Waals surface area contributed by atoms with Crippen LogP contribution < -0.4 is 4.74 Å². The van der Waals surface area contributed by atoms with Gasteiger partial charge in [0.2, 0.25) is 0 Å². The van der Waals surface area contributed by atoms with E-state index >= 15 is 0 Å². The van der Waals surface area contributed by atoms with E-state index in [1.165, 1.54) is 18.0 Å². The van der Waals surface area contributed by atoms with E-state index < -0.39 is 5.97 Å². The molecule has 1 aromatic heterocycles. The third-order valence-electron chi connectivity index (χ3n) is 4.40. The maximum absolute atomic E-state index is 10.7. The van der Waals surface area contributed by atoms with E-state index in [4.69, 9.17) is 9.84 Å². The van der Waals surface area contributed by atoms with Crippen molar-refractivity contribution >= 4 is 5.97 Å². The molecular weight excluding hydrogens is 316 g/mol. The van der Waals surface area contributed by atoms with Crippen LogP contribution in [0.15, 0.2) is 24.5 Å². The maximum Gasteiger partial charge on any atom is 0.309 e. The van der Waals surface area contributed by atoms with Gasteiger partial charge in [-0.3, -0.25) is 9.78 Å². The Balaban J connectivity index is 1.89. The van der Waals surface area contributed by atoms with Gasteiger partial charge in [-0.15, -0.1) is 0 Å². The predicted molar refractivity (Wildman–Crippen MR) is 93.7 cm³/mol. The summed E-state index contributed by atoms with van der Waals surface area (Å²) in [6, 6.07) is 4.14. The lowest BCUT2D eigenvalue weighted by atomic mass is 9.78. The molecule has 2 heterocycles. The summed E-state index contributed by atoms with van der Waals surface area (Å²) in [7, 11) is 0. The molecule has 0 spiro atoms. The predicted octanol–water partition coefficient (Wildman–Crippen LogP) is 2.87. The van der Waals surface area contributed by atoms with Crippen LogP contribution in [0.25, 0.3) is 0 Å². The van der Waals surface area contributed by atoms with E-state index in [0.717, 1.165) is 29.9 Å². The number of rotatable bonds is 2. The topological polar surface area (TPSA) is 72.3 Å². The summed E-state index contributed by atoms with van der Waals surface area (Å²) in [5.41, 5.74) is 4.17. The summed E-state index contributed by atoms with van der Waals surface area (Å²) in [5, 5.41) is 8.75. The first kappa shape index (κ1) is 17.0. The number of aromatic nitrogens is 2. The molecule has 0 amide bonds. The Morgan fingerprint density at radius 3 is 2.76 bits per heavy atom. The molecular formula is C20H20N2O3. The number of ether oxygens (including phenoxy) is 1. The first-order valence-electron chi connectivity index (χ1n) is 8.18. The van der Waals surface area contributed by atoms with E-state index in [2.05, 4.69) is 41.7 Å². The molecule has 0 fully saturated rings. The van der Waals surface area contributed by atoms with Gasteiger partial charge in [-0.1, -0.05) is 19.8 Å². The van der Waals surface area contributed by atoms with Gasteiger partial charge < -0.3 is 9.84 Å². The van der Waals surface area contributed by atoms with Gasteiger partial charge in [0, 0.05) is 11.1 Å². The number of fused-ring (bicyclic) bond motifs is 1. The molecule has 2 aromatic rings. The van der Waals surface area contributed by atoms with Crippen LogP contribution in [0, 0.1) is 18.8 Å². The summed E-state index contributed by atoms with van der Waals surface area (Å²) in [6.45, 7) is 7.18. The molecule has 128 valence electrons. The minimum absolute atomic E-state index is 0.0655. The van der Waals surface area contributed by atoms with Gasteiger partial charge in [-0.2, -0.15) is 0 Å². The molecule has 25 heavy (non-hydrogen) atoms. The highest BCUT2D eigenvalue weighted by atomic mass is 16.5. The molecule has 1 N–H and O–H groups in total. The van der Waals surface area contributed by atoms with Crippen molar-refractivity contribution in [2.45, 2.75) is 39.0 Å². The van der Waals surface area contributed by atoms with Gasteiger partial charge in [0.25, 0.3) is 0 Å². The largest absolute Gasteiger partial charge is 0.493 e. The number of hydrogen-bond donors (Lipinski definition) is 1. The van der Waals surface area contributed by atoms with Crippen molar-refractivity contribution in [3.05, 3.63) is 52.6 Å². The summed E-state index contributed by atoms with van der Waals surface area (Å²) in [6.07, 6.45) is 3.80. The smallest absolute Gasteiger partial charge is 0.309 e. The van der Waals surface area contributed by atoms with Gasteiger partial charge in [-0.25, -0.2) is 4.98 Å². The molecule has 0 atom stereocenters. The number of benzene rings is 1.